The summed E-state index contributed by atoms with van der Waals surface area (Å²) in [7, 11) is 1.65. The zero-order valence-electron chi connectivity index (χ0n) is 12.6. The Bertz CT molecular complexity index is 659. The van der Waals surface area contributed by atoms with Gasteiger partial charge in [-0.15, -0.1) is 0 Å². The smallest absolute Gasteiger partial charge is 0.118 e. The normalized spacial score (nSPS) is 10.9. The van der Waals surface area contributed by atoms with Gasteiger partial charge in [0.05, 0.1) is 7.11 Å². The Hall–Kier alpha value is -1.81. The Morgan fingerprint density at radius 3 is 2.43 bits per heavy atom. The van der Waals surface area contributed by atoms with Crippen molar-refractivity contribution in [3.8, 4) is 5.75 Å². The van der Waals surface area contributed by atoms with Crippen LogP contribution in [0, 0.1) is 15.8 Å². The first-order valence-electron chi connectivity index (χ1n) is 7.05. The van der Waals surface area contributed by atoms with Crippen LogP contribution in [0.1, 0.15) is 30.5 Å². The molecule has 0 unspecified atom stereocenters. The van der Waals surface area contributed by atoms with Gasteiger partial charge in [0.1, 0.15) is 10.4 Å². The molecular formula is C17H20NO2S-. The van der Waals surface area contributed by atoms with Crippen molar-refractivity contribution in [1.29, 1.82) is 0 Å². The summed E-state index contributed by atoms with van der Waals surface area (Å²) in [5.74, 6) is 1.35. The Morgan fingerprint density at radius 2 is 1.86 bits per heavy atom. The van der Waals surface area contributed by atoms with E-state index in [1.165, 1.54) is 6.20 Å². The van der Waals surface area contributed by atoms with E-state index in [1.807, 2.05) is 30.3 Å². The van der Waals surface area contributed by atoms with Gasteiger partial charge in [0, 0.05) is 6.42 Å². The number of ether oxygens (including phenoxy) is 1. The van der Waals surface area contributed by atoms with Crippen LogP contribution in [0.4, 0.5) is 0 Å². The summed E-state index contributed by atoms with van der Waals surface area (Å²) in [4.78, 5) is 0. The number of methoxy groups -OCH3 is 1. The Kier molecular flexibility index (Phi) is 5.02. The molecule has 112 valence electrons. The summed E-state index contributed by atoms with van der Waals surface area (Å²) >= 11 is 5.31. The van der Waals surface area contributed by atoms with Crippen molar-refractivity contribution in [2.24, 2.45) is 5.92 Å². The van der Waals surface area contributed by atoms with Crippen LogP contribution in [-0.4, -0.2) is 11.8 Å². The number of aromatic nitrogens is 1. The molecule has 0 aliphatic heterocycles. The van der Waals surface area contributed by atoms with Crippen LogP contribution in [0.2, 0.25) is 0 Å². The summed E-state index contributed by atoms with van der Waals surface area (Å²) in [5, 5.41) is 11.8. The molecule has 3 nitrogen and oxygen atoms in total. The monoisotopic (exact) mass is 302 g/mol. The molecule has 1 aromatic heterocycles. The molecule has 0 fully saturated rings. The van der Waals surface area contributed by atoms with Gasteiger partial charge in [-0.1, -0.05) is 38.2 Å². The van der Waals surface area contributed by atoms with Crippen LogP contribution in [0.15, 0.2) is 36.5 Å². The summed E-state index contributed by atoms with van der Waals surface area (Å²) in [6, 6.07) is 9.76. The molecule has 0 saturated heterocycles. The van der Waals surface area contributed by atoms with Gasteiger partial charge in [-0.2, -0.15) is 0 Å². The lowest BCUT2D eigenvalue weighted by molar-refractivity contribution is 0.414. The fraction of sp³-hybridized carbons (Fsp3) is 0.353. The molecule has 2 aromatic rings. The third-order valence-corrected chi connectivity index (χ3v) is 3.85. The average Bonchev–Trinajstić information content (AvgIpc) is 2.47. The number of hydrogen-bond acceptors (Lipinski definition) is 3. The average molecular weight is 302 g/mol. The van der Waals surface area contributed by atoms with Gasteiger partial charge in [-0.25, -0.2) is 0 Å². The molecule has 2 rings (SSSR count). The van der Waals surface area contributed by atoms with E-state index < -0.39 is 0 Å². The van der Waals surface area contributed by atoms with Crippen LogP contribution < -0.4 is 4.74 Å². The van der Waals surface area contributed by atoms with Crippen molar-refractivity contribution in [2.75, 3.05) is 7.11 Å². The number of nitrogens with zero attached hydrogens (tertiary/aromatic N) is 1. The zero-order valence-corrected chi connectivity index (χ0v) is 13.4. The minimum Gasteiger partial charge on any atom is -0.805 e. The molecule has 21 heavy (non-hydrogen) atoms. The highest BCUT2D eigenvalue weighted by atomic mass is 32.1. The summed E-state index contributed by atoms with van der Waals surface area (Å²) in [6.07, 6.45) is 3.11. The standard InChI is InChI=1S/C17H20NO2S/c1-12(2)10-14-8-9-18(19)17(21)16(14)11-13-4-6-15(20-3)7-5-13/h4-9,12H,10-11H2,1-3H3/q-1. The quantitative estimate of drug-likeness (QED) is 0.770. The lowest BCUT2D eigenvalue weighted by Crippen LogP contribution is -2.05. The summed E-state index contributed by atoms with van der Waals surface area (Å²) in [5.41, 5.74) is 3.25. The van der Waals surface area contributed by atoms with Gasteiger partial charge in [0.15, 0.2) is 0 Å². The van der Waals surface area contributed by atoms with Crippen molar-refractivity contribution >= 4 is 12.2 Å². The van der Waals surface area contributed by atoms with Gasteiger partial charge in [0.2, 0.25) is 0 Å². The van der Waals surface area contributed by atoms with Gasteiger partial charge in [-0.05, 0) is 53.4 Å². The third kappa shape index (κ3) is 3.85. The van der Waals surface area contributed by atoms with Crippen LogP contribution in [0.5, 0.6) is 5.75 Å². The van der Waals surface area contributed by atoms with E-state index in [4.69, 9.17) is 17.0 Å². The van der Waals surface area contributed by atoms with Crippen LogP contribution in [-0.2, 0) is 12.8 Å². The van der Waals surface area contributed by atoms with Crippen molar-refractivity contribution in [2.45, 2.75) is 26.7 Å². The van der Waals surface area contributed by atoms with E-state index in [1.54, 1.807) is 7.11 Å². The number of pyridine rings is 1. The minimum atomic E-state index is 0.379. The van der Waals surface area contributed by atoms with Gasteiger partial charge >= 0.3 is 0 Å². The molecule has 0 spiro atoms. The molecule has 0 radical (unpaired) electrons. The minimum absolute atomic E-state index is 0.379. The molecule has 0 saturated carbocycles. The van der Waals surface area contributed by atoms with E-state index in [0.29, 0.717) is 17.0 Å². The van der Waals surface area contributed by atoms with E-state index in [9.17, 15) is 5.21 Å². The van der Waals surface area contributed by atoms with Crippen LogP contribution in [0.25, 0.3) is 0 Å². The molecule has 4 heteroatoms. The zero-order chi connectivity index (χ0) is 15.4. The van der Waals surface area contributed by atoms with Crippen molar-refractivity contribution in [3.63, 3.8) is 0 Å². The fourth-order valence-electron chi connectivity index (χ4n) is 2.36. The fourth-order valence-corrected chi connectivity index (χ4v) is 2.63. The number of hydrogen-bond donors (Lipinski definition) is 0. The highest BCUT2D eigenvalue weighted by molar-refractivity contribution is 7.71. The summed E-state index contributed by atoms with van der Waals surface area (Å²) < 4.78 is 6.32. The van der Waals surface area contributed by atoms with Gasteiger partial charge in [-0.3, -0.25) is 0 Å². The van der Waals surface area contributed by atoms with E-state index in [2.05, 4.69) is 13.8 Å². The molecule has 0 aliphatic carbocycles. The molecular weight excluding hydrogens is 282 g/mol. The Labute approximate surface area is 130 Å². The van der Waals surface area contributed by atoms with Gasteiger partial charge < -0.3 is 14.7 Å². The predicted molar refractivity (Wildman–Crippen MR) is 88.4 cm³/mol. The molecule has 0 bridgehead atoms. The Morgan fingerprint density at radius 1 is 1.19 bits per heavy atom. The largest absolute Gasteiger partial charge is 0.805 e. The first-order valence-corrected chi connectivity index (χ1v) is 7.46. The highest BCUT2D eigenvalue weighted by Crippen LogP contribution is 2.21. The van der Waals surface area contributed by atoms with Crippen LogP contribution >= 0.6 is 12.2 Å². The van der Waals surface area contributed by atoms with E-state index in [0.717, 1.165) is 33.6 Å². The second-order valence-electron chi connectivity index (χ2n) is 5.57. The SMILES string of the molecule is COc1ccc(Cc2c(CC(C)C)ccn([O-])c2=S)cc1. The first-order chi connectivity index (χ1) is 10.0. The van der Waals surface area contributed by atoms with E-state index >= 15 is 0 Å². The molecule has 0 atom stereocenters. The maximum Gasteiger partial charge on any atom is 0.118 e. The molecule has 1 aromatic carbocycles. The van der Waals surface area contributed by atoms with Crippen molar-refractivity contribution < 1.29 is 4.74 Å². The molecule has 0 N–H and O–H groups in total. The lowest BCUT2D eigenvalue weighted by atomic mass is 9.95. The third-order valence-electron chi connectivity index (χ3n) is 3.43. The summed E-state index contributed by atoms with van der Waals surface area (Å²) in [6.45, 7) is 4.33. The second-order valence-corrected chi connectivity index (χ2v) is 5.96. The second kappa shape index (κ2) is 6.76. The van der Waals surface area contributed by atoms with Crippen molar-refractivity contribution in [3.05, 3.63) is 63.1 Å². The van der Waals surface area contributed by atoms with E-state index in [-0.39, 0.29) is 0 Å². The maximum absolute atomic E-state index is 11.8. The van der Waals surface area contributed by atoms with Gasteiger partial charge in [0.25, 0.3) is 0 Å². The molecule has 0 amide bonds. The molecule has 1 heterocycles. The number of rotatable bonds is 5. The van der Waals surface area contributed by atoms with Crippen LogP contribution in [0.3, 0.4) is 0 Å². The predicted octanol–water partition coefficient (Wildman–Crippen LogP) is 4.36. The molecule has 0 aliphatic rings. The van der Waals surface area contributed by atoms with Crippen molar-refractivity contribution in [1.82, 2.24) is 4.73 Å². The maximum atomic E-state index is 11.8. The highest BCUT2D eigenvalue weighted by Gasteiger charge is 2.08. The lowest BCUT2D eigenvalue weighted by Gasteiger charge is -2.18. The number of benzene rings is 1. The first kappa shape index (κ1) is 15.6. The Balaban J connectivity index is 2.36. The topological polar surface area (TPSA) is 37.2 Å².